The van der Waals surface area contributed by atoms with Gasteiger partial charge in [-0.3, -0.25) is 7.05 Å². The Kier molecular flexibility index (Phi) is 0.884. The molecule has 0 N–H and O–H groups in total. The summed E-state index contributed by atoms with van der Waals surface area (Å²) in [5, 5.41) is 0. The van der Waals surface area contributed by atoms with Gasteiger partial charge in [-0.15, -0.1) is 0 Å². The monoisotopic (exact) mass is 110 g/mol. The first kappa shape index (κ1) is 4.80. The van der Waals surface area contributed by atoms with Crippen LogP contribution in [0.3, 0.4) is 0 Å². The van der Waals surface area contributed by atoms with Crippen molar-refractivity contribution >= 4 is 0 Å². The van der Waals surface area contributed by atoms with Crippen LogP contribution >= 0.6 is 0 Å². The van der Waals surface area contributed by atoms with Gasteiger partial charge in [-0.1, -0.05) is 0 Å². The fourth-order valence-corrected chi connectivity index (χ4v) is 2.03. The molecule has 1 saturated carbocycles. The van der Waals surface area contributed by atoms with Gasteiger partial charge in [0.2, 0.25) is 0 Å². The van der Waals surface area contributed by atoms with Crippen molar-refractivity contribution in [3.8, 4) is 0 Å². The lowest BCUT2D eigenvalue weighted by molar-refractivity contribution is 0.289. The minimum atomic E-state index is 0.861. The van der Waals surface area contributed by atoms with Crippen LogP contribution in [-0.2, 0) is 0 Å². The van der Waals surface area contributed by atoms with E-state index in [1.165, 1.54) is 25.8 Å². The van der Waals surface area contributed by atoms with Crippen LogP contribution in [0.1, 0.15) is 19.3 Å². The van der Waals surface area contributed by atoms with E-state index in [9.17, 15) is 0 Å². The summed E-state index contributed by atoms with van der Waals surface area (Å²) in [6.07, 6.45) is 4.31. The molecule has 1 saturated heterocycles. The highest BCUT2D eigenvalue weighted by Crippen LogP contribution is 2.36. The molecule has 2 bridgehead atoms. The quantitative estimate of drug-likeness (QED) is 0.424. The number of likely N-dealkylation sites (tertiary alicyclic amines) is 1. The summed E-state index contributed by atoms with van der Waals surface area (Å²) in [5.74, 6) is 1.01. The van der Waals surface area contributed by atoms with Crippen molar-refractivity contribution in [3.05, 3.63) is 7.05 Å². The normalized spacial score (nSPS) is 46.1. The van der Waals surface area contributed by atoms with Gasteiger partial charge in [0.1, 0.15) is 0 Å². The molecule has 1 aliphatic carbocycles. The SMILES string of the molecule is [CH2-]N1CC2CCC1C2. The Labute approximate surface area is 50.7 Å². The van der Waals surface area contributed by atoms with E-state index in [1.54, 1.807) is 0 Å². The minimum Gasteiger partial charge on any atom is -0.456 e. The number of rotatable bonds is 0. The second-order valence-corrected chi connectivity index (χ2v) is 3.10. The second-order valence-electron chi connectivity index (χ2n) is 3.10. The maximum atomic E-state index is 3.95. The van der Waals surface area contributed by atoms with E-state index >= 15 is 0 Å². The molecule has 0 aromatic carbocycles. The van der Waals surface area contributed by atoms with E-state index in [4.69, 9.17) is 0 Å². The molecule has 1 nitrogen and oxygen atoms in total. The lowest BCUT2D eigenvalue weighted by atomic mass is 10.1. The average Bonchev–Trinajstić information content (AvgIpc) is 2.23. The summed E-state index contributed by atoms with van der Waals surface area (Å²) in [6, 6.07) is 0.861. The van der Waals surface area contributed by atoms with Gasteiger partial charge in [-0.2, -0.15) is 0 Å². The third-order valence-electron chi connectivity index (χ3n) is 2.52. The fourth-order valence-electron chi connectivity index (χ4n) is 2.03. The van der Waals surface area contributed by atoms with Crippen molar-refractivity contribution in [2.75, 3.05) is 6.54 Å². The third-order valence-corrected chi connectivity index (χ3v) is 2.52. The van der Waals surface area contributed by atoms with E-state index in [2.05, 4.69) is 11.9 Å². The number of piperidine rings is 1. The number of hydrogen-bond acceptors (Lipinski definition) is 1. The standard InChI is InChI=1S/C7H12N/c1-8-5-6-2-3-7(8)4-6/h6-7H,1-5H2/q-1. The van der Waals surface area contributed by atoms with Crippen LogP contribution in [0.25, 0.3) is 0 Å². The van der Waals surface area contributed by atoms with Gasteiger partial charge >= 0.3 is 0 Å². The summed E-state index contributed by atoms with van der Waals surface area (Å²) in [7, 11) is 3.95. The predicted octanol–water partition coefficient (Wildman–Crippen LogP) is 1.26. The van der Waals surface area contributed by atoms with Crippen LogP contribution in [0.15, 0.2) is 0 Å². The molecule has 1 heterocycles. The Bertz CT molecular complexity index is 98.6. The van der Waals surface area contributed by atoms with Gasteiger partial charge in [0.15, 0.2) is 0 Å². The van der Waals surface area contributed by atoms with Crippen molar-refractivity contribution in [1.29, 1.82) is 0 Å². The maximum absolute atomic E-state index is 3.95. The molecule has 1 aliphatic heterocycles. The molecule has 0 aromatic rings. The van der Waals surface area contributed by atoms with E-state index < -0.39 is 0 Å². The molecule has 2 rings (SSSR count). The molecule has 0 spiro atoms. The molecule has 8 heavy (non-hydrogen) atoms. The van der Waals surface area contributed by atoms with Crippen molar-refractivity contribution in [2.45, 2.75) is 25.3 Å². The molecule has 0 amide bonds. The zero-order valence-electron chi connectivity index (χ0n) is 5.14. The maximum Gasteiger partial charge on any atom is -0.0181 e. The molecule has 2 atom stereocenters. The first-order valence-corrected chi connectivity index (χ1v) is 3.43. The molecule has 0 radical (unpaired) electrons. The summed E-state index contributed by atoms with van der Waals surface area (Å²) >= 11 is 0. The van der Waals surface area contributed by atoms with Crippen LogP contribution in [0.4, 0.5) is 0 Å². The summed E-state index contributed by atoms with van der Waals surface area (Å²) in [6.45, 7) is 1.27. The topological polar surface area (TPSA) is 3.24 Å². The molecule has 1 heteroatoms. The fraction of sp³-hybridized carbons (Fsp3) is 0.857. The Balaban J connectivity index is 2.11. The van der Waals surface area contributed by atoms with Gasteiger partial charge in [0, 0.05) is 0 Å². The highest BCUT2D eigenvalue weighted by molar-refractivity contribution is 4.91. The van der Waals surface area contributed by atoms with Gasteiger partial charge < -0.3 is 4.90 Å². The zero-order valence-corrected chi connectivity index (χ0v) is 5.14. The largest absolute Gasteiger partial charge is 0.456 e. The number of fused-ring (bicyclic) bond motifs is 2. The van der Waals surface area contributed by atoms with Crippen molar-refractivity contribution in [2.24, 2.45) is 5.92 Å². The molecule has 2 unspecified atom stereocenters. The molecule has 2 aliphatic rings. The van der Waals surface area contributed by atoms with Crippen LogP contribution in [0, 0.1) is 13.0 Å². The van der Waals surface area contributed by atoms with Gasteiger partial charge in [-0.25, -0.2) is 0 Å². The number of nitrogens with zero attached hydrogens (tertiary/aromatic N) is 1. The van der Waals surface area contributed by atoms with Gasteiger partial charge in [0.05, 0.1) is 0 Å². The van der Waals surface area contributed by atoms with Crippen molar-refractivity contribution in [1.82, 2.24) is 4.90 Å². The van der Waals surface area contributed by atoms with Crippen molar-refractivity contribution in [3.63, 3.8) is 0 Å². The van der Waals surface area contributed by atoms with Crippen LogP contribution in [0.5, 0.6) is 0 Å². The lowest BCUT2D eigenvalue weighted by Gasteiger charge is -2.29. The molecular formula is C7H12N-. The molecule has 0 aromatic heterocycles. The van der Waals surface area contributed by atoms with E-state index in [0.717, 1.165) is 12.0 Å². The first-order chi connectivity index (χ1) is 3.86. The minimum absolute atomic E-state index is 0.861. The Morgan fingerprint density at radius 2 is 2.25 bits per heavy atom. The second kappa shape index (κ2) is 1.47. The van der Waals surface area contributed by atoms with E-state index in [1.807, 2.05) is 0 Å². The summed E-state index contributed by atoms with van der Waals surface area (Å²) < 4.78 is 0. The third kappa shape index (κ3) is 0.510. The lowest BCUT2D eigenvalue weighted by Crippen LogP contribution is -2.25. The van der Waals surface area contributed by atoms with Gasteiger partial charge in [0.25, 0.3) is 0 Å². The highest BCUT2D eigenvalue weighted by Gasteiger charge is 2.31. The van der Waals surface area contributed by atoms with Crippen LogP contribution in [0.2, 0.25) is 0 Å². The van der Waals surface area contributed by atoms with E-state index in [0.29, 0.717) is 0 Å². The van der Waals surface area contributed by atoms with Crippen molar-refractivity contribution < 1.29 is 0 Å². The zero-order chi connectivity index (χ0) is 5.56. The molecule has 46 valence electrons. The summed E-state index contributed by atoms with van der Waals surface area (Å²) in [4.78, 5) is 2.26. The Morgan fingerprint density at radius 1 is 1.38 bits per heavy atom. The van der Waals surface area contributed by atoms with E-state index in [-0.39, 0.29) is 0 Å². The molecule has 2 fully saturated rings. The Morgan fingerprint density at radius 3 is 2.50 bits per heavy atom. The summed E-state index contributed by atoms with van der Waals surface area (Å²) in [5.41, 5.74) is 0. The average molecular weight is 110 g/mol. The van der Waals surface area contributed by atoms with Crippen LogP contribution < -0.4 is 0 Å². The number of hydrogen-bond donors (Lipinski definition) is 0. The first-order valence-electron chi connectivity index (χ1n) is 3.43. The molecular weight excluding hydrogens is 98.1 g/mol. The highest BCUT2D eigenvalue weighted by atomic mass is 15.2. The smallest absolute Gasteiger partial charge is 0.0181 e. The van der Waals surface area contributed by atoms with Crippen LogP contribution in [-0.4, -0.2) is 17.5 Å². The predicted molar refractivity (Wildman–Crippen MR) is 33.2 cm³/mol. The Hall–Kier alpha value is -0.0400. The van der Waals surface area contributed by atoms with Gasteiger partial charge in [-0.05, 0) is 37.8 Å².